The summed E-state index contributed by atoms with van der Waals surface area (Å²) in [5.74, 6) is -0.0915. The topological polar surface area (TPSA) is 66.8 Å². The summed E-state index contributed by atoms with van der Waals surface area (Å²) in [7, 11) is 0. The quantitative estimate of drug-likeness (QED) is 0.825. The second-order valence-corrected chi connectivity index (χ2v) is 7.83. The van der Waals surface area contributed by atoms with Crippen LogP contribution in [0.4, 0.5) is 0 Å². The second kappa shape index (κ2) is 8.46. The molecule has 1 heterocycles. The summed E-state index contributed by atoms with van der Waals surface area (Å²) in [6, 6.07) is 17.4. The Kier molecular flexibility index (Phi) is 6.02. The molecule has 1 aliphatic rings. The van der Waals surface area contributed by atoms with Crippen molar-refractivity contribution >= 4 is 11.9 Å². The highest BCUT2D eigenvalue weighted by Gasteiger charge is 2.30. The van der Waals surface area contributed by atoms with Crippen LogP contribution in [0, 0.1) is 0 Å². The van der Waals surface area contributed by atoms with Crippen molar-refractivity contribution in [1.82, 2.24) is 4.90 Å². The lowest BCUT2D eigenvalue weighted by Gasteiger charge is -2.33. The zero-order valence-electron chi connectivity index (χ0n) is 16.4. The van der Waals surface area contributed by atoms with Crippen LogP contribution in [0.5, 0.6) is 5.75 Å². The third-order valence-corrected chi connectivity index (χ3v) is 5.19. The van der Waals surface area contributed by atoms with Gasteiger partial charge in [0.15, 0.2) is 5.60 Å². The van der Waals surface area contributed by atoms with E-state index in [9.17, 15) is 14.7 Å². The van der Waals surface area contributed by atoms with Crippen molar-refractivity contribution < 1.29 is 19.4 Å². The van der Waals surface area contributed by atoms with E-state index < -0.39 is 11.6 Å². The van der Waals surface area contributed by atoms with Gasteiger partial charge < -0.3 is 14.7 Å². The Morgan fingerprint density at radius 1 is 1.14 bits per heavy atom. The summed E-state index contributed by atoms with van der Waals surface area (Å²) in [6.07, 6.45) is 2.38. The lowest BCUT2D eigenvalue weighted by molar-refractivity contribution is -0.152. The molecule has 0 bridgehead atoms. The van der Waals surface area contributed by atoms with Crippen LogP contribution in [0.2, 0.25) is 0 Å². The van der Waals surface area contributed by atoms with Gasteiger partial charge in [0.05, 0.1) is 6.42 Å². The Balaban J connectivity index is 1.68. The van der Waals surface area contributed by atoms with Gasteiger partial charge in [0.2, 0.25) is 5.91 Å². The highest BCUT2D eigenvalue weighted by Crippen LogP contribution is 2.30. The maximum absolute atomic E-state index is 12.7. The predicted octanol–water partition coefficient (Wildman–Crippen LogP) is 3.88. The molecule has 0 saturated carbocycles. The highest BCUT2D eigenvalue weighted by molar-refractivity contribution is 5.79. The molecular formula is C23H27NO4. The van der Waals surface area contributed by atoms with E-state index in [0.717, 1.165) is 30.5 Å². The number of carbonyl (C=O) groups excluding carboxylic acids is 1. The lowest BCUT2D eigenvalue weighted by atomic mass is 9.90. The van der Waals surface area contributed by atoms with E-state index in [0.29, 0.717) is 18.7 Å². The molecule has 5 heteroatoms. The fourth-order valence-electron chi connectivity index (χ4n) is 3.53. The van der Waals surface area contributed by atoms with E-state index in [-0.39, 0.29) is 11.8 Å². The van der Waals surface area contributed by atoms with Crippen LogP contribution in [0.15, 0.2) is 54.6 Å². The number of ether oxygens (including phenoxy) is 1. The Bertz CT molecular complexity index is 832. The summed E-state index contributed by atoms with van der Waals surface area (Å²) in [5.41, 5.74) is 0.819. The Hall–Kier alpha value is -2.82. The van der Waals surface area contributed by atoms with E-state index in [1.807, 2.05) is 53.4 Å². The normalized spacial score (nSPS) is 17.2. The first-order chi connectivity index (χ1) is 13.3. The van der Waals surface area contributed by atoms with Gasteiger partial charge in [0.25, 0.3) is 0 Å². The minimum atomic E-state index is -1.29. The molecule has 2 aromatic carbocycles. The van der Waals surface area contributed by atoms with Crippen molar-refractivity contribution in [1.29, 1.82) is 0 Å². The van der Waals surface area contributed by atoms with Crippen LogP contribution in [0.25, 0.3) is 0 Å². The van der Waals surface area contributed by atoms with Crippen molar-refractivity contribution in [2.45, 2.75) is 44.6 Å². The van der Waals surface area contributed by atoms with E-state index in [4.69, 9.17) is 4.74 Å². The molecule has 148 valence electrons. The first kappa shape index (κ1) is 19.9. The largest absolute Gasteiger partial charge is 0.478 e. The monoisotopic (exact) mass is 381 g/mol. The van der Waals surface area contributed by atoms with Gasteiger partial charge in [-0.3, -0.25) is 4.79 Å². The molecule has 1 atom stereocenters. The summed E-state index contributed by atoms with van der Waals surface area (Å²) in [4.78, 5) is 26.0. The van der Waals surface area contributed by atoms with Gasteiger partial charge in [-0.05, 0) is 49.9 Å². The Morgan fingerprint density at radius 2 is 1.89 bits per heavy atom. The van der Waals surface area contributed by atoms with Gasteiger partial charge in [0.1, 0.15) is 5.75 Å². The maximum atomic E-state index is 12.7. The summed E-state index contributed by atoms with van der Waals surface area (Å²) < 4.78 is 5.67. The van der Waals surface area contributed by atoms with Gasteiger partial charge in [0, 0.05) is 19.0 Å². The Labute approximate surface area is 165 Å². The predicted molar refractivity (Wildman–Crippen MR) is 107 cm³/mol. The van der Waals surface area contributed by atoms with Crippen LogP contribution in [0.1, 0.15) is 43.7 Å². The molecule has 1 unspecified atom stereocenters. The van der Waals surface area contributed by atoms with Gasteiger partial charge >= 0.3 is 5.97 Å². The summed E-state index contributed by atoms with van der Waals surface area (Å²) in [5, 5.41) is 9.27. The number of aliphatic carboxylic acids is 1. The van der Waals surface area contributed by atoms with E-state index in [1.54, 1.807) is 6.07 Å². The number of piperidine rings is 1. The average molecular weight is 381 g/mol. The number of amides is 1. The minimum absolute atomic E-state index is 0.148. The number of nitrogens with zero attached hydrogens (tertiary/aromatic N) is 1. The van der Waals surface area contributed by atoms with E-state index >= 15 is 0 Å². The van der Waals surface area contributed by atoms with Crippen molar-refractivity contribution in [2.75, 3.05) is 13.1 Å². The number of benzene rings is 2. The second-order valence-electron chi connectivity index (χ2n) is 7.83. The van der Waals surface area contributed by atoms with Crippen molar-refractivity contribution in [3.63, 3.8) is 0 Å². The first-order valence-corrected chi connectivity index (χ1v) is 9.69. The number of likely N-dealkylation sites (tertiary alicyclic amines) is 1. The minimum Gasteiger partial charge on any atom is -0.478 e. The van der Waals surface area contributed by atoms with Crippen LogP contribution < -0.4 is 4.74 Å². The summed E-state index contributed by atoms with van der Waals surface area (Å²) in [6.45, 7) is 4.53. The van der Waals surface area contributed by atoms with Crippen molar-refractivity contribution in [3.8, 4) is 5.75 Å². The third-order valence-electron chi connectivity index (χ3n) is 5.19. The smallest absolute Gasteiger partial charge is 0.347 e. The third kappa shape index (κ3) is 4.91. The fraction of sp³-hybridized carbons (Fsp3) is 0.391. The first-order valence-electron chi connectivity index (χ1n) is 9.69. The Morgan fingerprint density at radius 3 is 2.61 bits per heavy atom. The number of carboxylic acids is 1. The van der Waals surface area contributed by atoms with E-state index in [2.05, 4.69) is 0 Å². The standard InChI is InChI=1S/C23H27NO4/c1-23(2,22(26)27)28-20-12-6-10-18(15-20)19-11-7-13-24(16-19)21(25)14-17-8-4-3-5-9-17/h3-6,8-10,12,15,19H,7,11,13-14,16H2,1-2H3,(H,26,27). The fourth-order valence-corrected chi connectivity index (χ4v) is 3.53. The molecule has 1 N–H and O–H groups in total. The molecule has 1 aliphatic heterocycles. The van der Waals surface area contributed by atoms with Crippen molar-refractivity contribution in [3.05, 3.63) is 65.7 Å². The number of carboxylic acid groups (broad SMARTS) is 1. The molecule has 3 rings (SSSR count). The zero-order valence-corrected chi connectivity index (χ0v) is 16.4. The summed E-state index contributed by atoms with van der Waals surface area (Å²) >= 11 is 0. The van der Waals surface area contributed by atoms with Crippen LogP contribution in [-0.4, -0.2) is 40.6 Å². The molecule has 0 aliphatic carbocycles. The molecule has 0 aromatic heterocycles. The number of hydrogen-bond donors (Lipinski definition) is 1. The van der Waals surface area contributed by atoms with Crippen LogP contribution in [0.3, 0.4) is 0 Å². The number of carbonyl (C=O) groups is 2. The van der Waals surface area contributed by atoms with Crippen molar-refractivity contribution in [2.24, 2.45) is 0 Å². The van der Waals surface area contributed by atoms with Gasteiger partial charge in [-0.25, -0.2) is 4.79 Å². The maximum Gasteiger partial charge on any atom is 0.347 e. The van der Waals surface area contributed by atoms with Gasteiger partial charge in [-0.15, -0.1) is 0 Å². The molecule has 1 amide bonds. The average Bonchev–Trinajstić information content (AvgIpc) is 2.68. The lowest BCUT2D eigenvalue weighted by Crippen LogP contribution is -2.40. The SMILES string of the molecule is CC(C)(Oc1cccc(C2CCCN(C(=O)Cc3ccccc3)C2)c1)C(=O)O. The number of hydrogen-bond acceptors (Lipinski definition) is 3. The van der Waals surface area contributed by atoms with Gasteiger partial charge in [-0.2, -0.15) is 0 Å². The molecule has 0 spiro atoms. The highest BCUT2D eigenvalue weighted by atomic mass is 16.5. The van der Waals surface area contributed by atoms with Gasteiger partial charge in [-0.1, -0.05) is 42.5 Å². The number of rotatable bonds is 6. The molecular weight excluding hydrogens is 354 g/mol. The van der Waals surface area contributed by atoms with Crippen LogP contribution >= 0.6 is 0 Å². The van der Waals surface area contributed by atoms with Crippen LogP contribution in [-0.2, 0) is 16.0 Å². The molecule has 1 fully saturated rings. The molecule has 0 radical (unpaired) electrons. The molecule has 28 heavy (non-hydrogen) atoms. The van der Waals surface area contributed by atoms with E-state index in [1.165, 1.54) is 13.8 Å². The molecule has 1 saturated heterocycles. The zero-order chi connectivity index (χ0) is 20.1. The molecule has 2 aromatic rings. The molecule has 5 nitrogen and oxygen atoms in total.